The summed E-state index contributed by atoms with van der Waals surface area (Å²) in [7, 11) is -2.70. The summed E-state index contributed by atoms with van der Waals surface area (Å²) in [5.74, 6) is 2.78. The maximum atomic E-state index is 13.2. The van der Waals surface area contributed by atoms with E-state index < -0.39 is 19.5 Å². The first kappa shape index (κ1) is 56.8. The molecule has 0 spiro atoms. The van der Waals surface area contributed by atoms with E-state index in [-0.39, 0.29) is 48.3 Å². The highest BCUT2D eigenvalue weighted by Crippen LogP contribution is 2.49. The predicted octanol–water partition coefficient (Wildman–Crippen LogP) is 12.0. The number of hydrogen-bond donors (Lipinski definition) is 1. The topological polar surface area (TPSA) is 143 Å². The van der Waals surface area contributed by atoms with E-state index in [0.29, 0.717) is 43.4 Å². The fourth-order valence-electron chi connectivity index (χ4n) is 11.0. The zero-order valence-electron chi connectivity index (χ0n) is 45.4. The number of carbonyl (C=O) groups is 2. The Morgan fingerprint density at radius 2 is 1.11 bits per heavy atom. The third-order valence-corrected chi connectivity index (χ3v) is 20.3. The van der Waals surface area contributed by atoms with Crippen LogP contribution in [0.2, 0.25) is 5.04 Å². The summed E-state index contributed by atoms with van der Waals surface area (Å²) < 4.78 is 23.8. The number of aliphatic hydroxyl groups excluding tert-OH is 1. The number of hydrogen-bond acceptors (Lipinski definition) is 10. The molecule has 3 aliphatic carbocycles. The largest absolute Gasteiger partial charge is 0.460 e. The second-order valence-electron chi connectivity index (χ2n) is 24.8. The number of aromatic nitrogens is 6. The number of rotatable bonds is 21. The fourth-order valence-corrected chi connectivity index (χ4v) is 16.7. The lowest BCUT2D eigenvalue weighted by Gasteiger charge is -2.43. The van der Waals surface area contributed by atoms with Gasteiger partial charge in [0, 0.05) is 31.0 Å². The molecule has 0 saturated heterocycles. The Morgan fingerprint density at radius 3 is 1.54 bits per heavy atom. The molecule has 7 rings (SSSR count). The van der Waals surface area contributed by atoms with Gasteiger partial charge < -0.3 is 19.0 Å². The molecular weight excluding hydrogens is 1020 g/mol. The lowest BCUT2D eigenvalue weighted by molar-refractivity contribution is -0.156. The van der Waals surface area contributed by atoms with Crippen LogP contribution in [0.25, 0.3) is 0 Å². The van der Waals surface area contributed by atoms with Crippen molar-refractivity contribution in [2.24, 2.45) is 23.7 Å². The minimum absolute atomic E-state index is 0.0321. The van der Waals surface area contributed by atoms with Crippen LogP contribution in [0.3, 0.4) is 0 Å². The summed E-state index contributed by atoms with van der Waals surface area (Å²) >= 11 is 2.38. The van der Waals surface area contributed by atoms with E-state index in [0.717, 1.165) is 45.7 Å². The summed E-state index contributed by atoms with van der Waals surface area (Å²) in [5, 5.41) is 30.3. The van der Waals surface area contributed by atoms with Gasteiger partial charge in [-0.1, -0.05) is 120 Å². The van der Waals surface area contributed by atoms with Gasteiger partial charge >= 0.3 is 11.9 Å². The highest BCUT2D eigenvalue weighted by molar-refractivity contribution is 14.1. The lowest BCUT2D eigenvalue weighted by Crippen LogP contribution is -2.66. The maximum Gasteiger partial charge on any atom is 0.306 e. The van der Waals surface area contributed by atoms with Crippen molar-refractivity contribution in [2.45, 2.75) is 213 Å². The second kappa shape index (κ2) is 24.3. The SMILES string of the molecule is CC(C)CC1CC(n2nnc(C(CCO)CC(=O)OC(C)(C)C)c2C2CC2)C1.CC(C)CC1CC(n2nnc(C(CCO[Si](c3ccccc3)(c3ccccc3)C(C)(C)C)CC(=O)OC(C)(C)C)c2I)C1. The predicted molar refractivity (Wildman–Crippen MR) is 293 cm³/mol. The van der Waals surface area contributed by atoms with E-state index in [2.05, 4.69) is 162 Å². The molecule has 0 bridgehead atoms. The minimum Gasteiger partial charge on any atom is -0.460 e. The van der Waals surface area contributed by atoms with Crippen molar-refractivity contribution in [3.05, 3.63) is 81.4 Å². The smallest absolute Gasteiger partial charge is 0.306 e. The van der Waals surface area contributed by atoms with Crippen molar-refractivity contribution in [1.82, 2.24) is 30.0 Å². The number of aliphatic hydroxyl groups is 1. The monoisotopic (exact) mass is 1110 g/mol. The molecule has 71 heavy (non-hydrogen) atoms. The standard InChI is InChI=1S/C35H50IN3O3Si.C22H37N3O3/c1-25(2)21-26-22-28(23-26)39-33(36)32(37-38-39)27(24-31(40)42-34(3,4)5)19-20-41-43(35(6,7)8,29-15-11-9-12-16-29)30-17-13-10-14-18-30;1-14(2)10-15-11-18(12-15)25-21(16-6-7-16)20(23-24-25)17(8-9-26)13-19(27)28-22(3,4)5/h9-18,25-28H,19-24H2,1-8H3;14-18,26H,6-13H2,1-5H3. The molecule has 3 saturated carbocycles. The number of halogens is 1. The summed E-state index contributed by atoms with van der Waals surface area (Å²) in [4.78, 5) is 25.6. The van der Waals surface area contributed by atoms with Gasteiger partial charge in [-0.05, 0) is 167 Å². The third kappa shape index (κ3) is 15.3. The van der Waals surface area contributed by atoms with Gasteiger partial charge in [-0.2, -0.15) is 0 Å². The van der Waals surface area contributed by atoms with Crippen LogP contribution in [-0.4, -0.2) is 79.8 Å². The van der Waals surface area contributed by atoms with Crippen molar-refractivity contribution in [1.29, 1.82) is 0 Å². The highest BCUT2D eigenvalue weighted by atomic mass is 127. The van der Waals surface area contributed by atoms with Crippen LogP contribution in [0.15, 0.2) is 60.7 Å². The number of ether oxygens (including phenoxy) is 2. The lowest BCUT2D eigenvalue weighted by atomic mass is 9.75. The van der Waals surface area contributed by atoms with E-state index in [1.807, 2.05) is 41.5 Å². The molecule has 392 valence electrons. The molecule has 1 N–H and O–H groups in total. The van der Waals surface area contributed by atoms with Gasteiger partial charge in [0.05, 0.1) is 42.0 Å². The van der Waals surface area contributed by atoms with Gasteiger partial charge in [0.2, 0.25) is 0 Å². The van der Waals surface area contributed by atoms with Crippen LogP contribution in [0, 0.1) is 27.4 Å². The molecule has 3 aliphatic rings. The zero-order chi connectivity index (χ0) is 51.9. The normalized spacial score (nSPS) is 20.4. The van der Waals surface area contributed by atoms with Crippen molar-refractivity contribution < 1.29 is 28.6 Å². The number of benzene rings is 2. The minimum atomic E-state index is -2.70. The van der Waals surface area contributed by atoms with Gasteiger partial charge in [0.25, 0.3) is 8.32 Å². The van der Waals surface area contributed by atoms with Crippen LogP contribution in [-0.2, 0) is 23.5 Å². The summed E-state index contributed by atoms with van der Waals surface area (Å²) in [6, 6.07) is 22.2. The fraction of sp³-hybridized carbons (Fsp3) is 0.684. The van der Waals surface area contributed by atoms with Gasteiger partial charge in [-0.15, -0.1) is 10.2 Å². The Labute approximate surface area is 440 Å². The summed E-state index contributed by atoms with van der Waals surface area (Å²) in [5.41, 5.74) is 1.96. The number of esters is 2. The average Bonchev–Trinajstić information content (AvgIpc) is 3.88. The van der Waals surface area contributed by atoms with Crippen molar-refractivity contribution >= 4 is 53.2 Å². The van der Waals surface area contributed by atoms with E-state index >= 15 is 0 Å². The molecule has 2 unspecified atom stereocenters. The Bertz CT molecular complexity index is 2260. The van der Waals surface area contributed by atoms with Gasteiger partial charge in [-0.25, -0.2) is 9.36 Å². The van der Waals surface area contributed by atoms with E-state index in [9.17, 15) is 14.7 Å². The molecule has 14 heteroatoms. The van der Waals surface area contributed by atoms with E-state index in [1.54, 1.807) is 0 Å². The van der Waals surface area contributed by atoms with Crippen LogP contribution >= 0.6 is 22.6 Å². The molecule has 2 atom stereocenters. The molecular formula is C57H87IN6O6Si. The first-order valence-electron chi connectivity index (χ1n) is 26.7. The third-order valence-electron chi connectivity index (χ3n) is 14.2. The maximum absolute atomic E-state index is 13.2. The van der Waals surface area contributed by atoms with Crippen molar-refractivity contribution in [2.75, 3.05) is 13.2 Å². The van der Waals surface area contributed by atoms with E-state index in [1.165, 1.54) is 54.6 Å². The molecule has 0 radical (unpaired) electrons. The number of nitrogens with zero attached hydrogens (tertiary/aromatic N) is 6. The first-order chi connectivity index (χ1) is 33.4. The van der Waals surface area contributed by atoms with Crippen LogP contribution in [0.5, 0.6) is 0 Å². The molecule has 4 aromatic rings. The van der Waals surface area contributed by atoms with Crippen LogP contribution in [0.4, 0.5) is 0 Å². The Kier molecular flexibility index (Phi) is 19.4. The molecule has 0 aliphatic heterocycles. The Morgan fingerprint density at radius 1 is 0.676 bits per heavy atom. The second-order valence-corrected chi connectivity index (χ2v) is 30.1. The average molecular weight is 1110 g/mol. The molecule has 2 aromatic heterocycles. The van der Waals surface area contributed by atoms with Crippen LogP contribution < -0.4 is 10.4 Å². The van der Waals surface area contributed by atoms with Crippen molar-refractivity contribution in [3.8, 4) is 0 Å². The van der Waals surface area contributed by atoms with Gasteiger partial charge in [-0.3, -0.25) is 9.59 Å². The van der Waals surface area contributed by atoms with Crippen LogP contribution in [0.1, 0.15) is 214 Å². The Hall–Kier alpha value is -3.47. The van der Waals surface area contributed by atoms with Crippen molar-refractivity contribution in [3.63, 3.8) is 0 Å². The molecule has 2 aromatic carbocycles. The molecule has 0 amide bonds. The Balaban J connectivity index is 0.000000254. The molecule has 12 nitrogen and oxygen atoms in total. The van der Waals surface area contributed by atoms with Gasteiger partial charge in [0.15, 0.2) is 0 Å². The summed E-state index contributed by atoms with van der Waals surface area (Å²) in [6.45, 7) is 27.9. The quantitative estimate of drug-likeness (QED) is 0.0486. The highest BCUT2D eigenvalue weighted by Gasteiger charge is 2.50. The zero-order valence-corrected chi connectivity index (χ0v) is 48.6. The number of carbonyl (C=O) groups excluding carboxylic acids is 2. The van der Waals surface area contributed by atoms with E-state index in [4.69, 9.17) is 13.9 Å². The molecule has 2 heterocycles. The molecule has 3 fully saturated rings. The summed E-state index contributed by atoms with van der Waals surface area (Å²) in [6.07, 6.45) is 11.2. The first-order valence-corrected chi connectivity index (χ1v) is 29.7. The van der Waals surface area contributed by atoms with Gasteiger partial charge in [0.1, 0.15) is 14.9 Å².